The zero-order valence-corrected chi connectivity index (χ0v) is 9.44. The molecule has 0 saturated heterocycles. The number of oxazole rings is 1. The van der Waals surface area contributed by atoms with Crippen molar-refractivity contribution in [1.82, 2.24) is 4.98 Å². The lowest BCUT2D eigenvalue weighted by molar-refractivity contribution is 0.511. The third-order valence-electron chi connectivity index (χ3n) is 2.47. The zero-order chi connectivity index (χ0) is 11.2. The van der Waals surface area contributed by atoms with E-state index in [4.69, 9.17) is 4.42 Å². The molecule has 0 aliphatic rings. The topological polar surface area (TPSA) is 38.1 Å². The Morgan fingerprint density at radius 2 is 2.19 bits per heavy atom. The van der Waals surface area contributed by atoms with Crippen LogP contribution in [-0.4, -0.2) is 4.98 Å². The first-order valence-corrected chi connectivity index (χ1v) is 5.59. The van der Waals surface area contributed by atoms with Gasteiger partial charge in [0.1, 0.15) is 5.76 Å². The maximum atomic E-state index is 5.18. The Labute approximate surface area is 95.5 Å². The van der Waals surface area contributed by atoms with E-state index in [1.807, 2.05) is 6.07 Å². The first-order valence-electron chi connectivity index (χ1n) is 5.59. The van der Waals surface area contributed by atoms with Gasteiger partial charge in [0.25, 0.3) is 0 Å². The fraction of sp³-hybridized carbons (Fsp3) is 0.308. The van der Waals surface area contributed by atoms with Crippen molar-refractivity contribution in [1.29, 1.82) is 0 Å². The SMILES string of the molecule is CCCc1ccccc1NCc1cnco1. The van der Waals surface area contributed by atoms with Crippen LogP contribution < -0.4 is 5.32 Å². The molecule has 1 aromatic heterocycles. The summed E-state index contributed by atoms with van der Waals surface area (Å²) in [4.78, 5) is 3.89. The predicted octanol–water partition coefficient (Wildman–Crippen LogP) is 3.24. The molecule has 1 N–H and O–H groups in total. The van der Waals surface area contributed by atoms with E-state index in [2.05, 4.69) is 35.4 Å². The van der Waals surface area contributed by atoms with E-state index >= 15 is 0 Å². The van der Waals surface area contributed by atoms with Crippen LogP contribution in [0.1, 0.15) is 24.7 Å². The van der Waals surface area contributed by atoms with E-state index in [1.165, 1.54) is 17.6 Å². The normalized spacial score (nSPS) is 10.3. The number of aryl methyl sites for hydroxylation is 1. The molecule has 0 spiro atoms. The molecule has 2 rings (SSSR count). The van der Waals surface area contributed by atoms with Crippen LogP contribution in [-0.2, 0) is 13.0 Å². The Morgan fingerprint density at radius 3 is 2.94 bits per heavy atom. The summed E-state index contributed by atoms with van der Waals surface area (Å²) in [6, 6.07) is 8.38. The number of nitrogens with one attached hydrogen (secondary N) is 1. The second-order valence-electron chi connectivity index (χ2n) is 3.73. The second-order valence-corrected chi connectivity index (χ2v) is 3.73. The number of nitrogens with zero attached hydrogens (tertiary/aromatic N) is 1. The molecule has 3 nitrogen and oxygen atoms in total. The van der Waals surface area contributed by atoms with Crippen molar-refractivity contribution in [3.63, 3.8) is 0 Å². The quantitative estimate of drug-likeness (QED) is 0.833. The summed E-state index contributed by atoms with van der Waals surface area (Å²) in [6.07, 6.45) is 5.44. The molecule has 1 heterocycles. The number of anilines is 1. The minimum Gasteiger partial charge on any atom is -0.447 e. The molecule has 1 aromatic carbocycles. The van der Waals surface area contributed by atoms with Crippen LogP contribution in [0.2, 0.25) is 0 Å². The lowest BCUT2D eigenvalue weighted by atomic mass is 10.1. The fourth-order valence-corrected chi connectivity index (χ4v) is 1.69. The van der Waals surface area contributed by atoms with Gasteiger partial charge in [0.2, 0.25) is 0 Å². The minimum atomic E-state index is 0.681. The van der Waals surface area contributed by atoms with E-state index < -0.39 is 0 Å². The van der Waals surface area contributed by atoms with E-state index in [9.17, 15) is 0 Å². The van der Waals surface area contributed by atoms with Crippen LogP contribution in [0.15, 0.2) is 41.3 Å². The maximum Gasteiger partial charge on any atom is 0.180 e. The highest BCUT2D eigenvalue weighted by Crippen LogP contribution is 2.17. The van der Waals surface area contributed by atoms with Gasteiger partial charge in [0, 0.05) is 5.69 Å². The van der Waals surface area contributed by atoms with Crippen molar-refractivity contribution in [3.8, 4) is 0 Å². The average molecular weight is 216 g/mol. The molecule has 0 unspecified atom stereocenters. The maximum absolute atomic E-state index is 5.18. The van der Waals surface area contributed by atoms with E-state index in [-0.39, 0.29) is 0 Å². The molecule has 0 atom stereocenters. The molecule has 2 aromatic rings. The van der Waals surface area contributed by atoms with Crippen LogP contribution in [0, 0.1) is 0 Å². The Hall–Kier alpha value is -1.77. The number of benzene rings is 1. The number of hydrogen-bond donors (Lipinski definition) is 1. The molecular formula is C13H16N2O. The van der Waals surface area contributed by atoms with E-state index in [0.717, 1.165) is 18.6 Å². The van der Waals surface area contributed by atoms with Gasteiger partial charge in [-0.1, -0.05) is 31.5 Å². The van der Waals surface area contributed by atoms with Gasteiger partial charge in [-0.05, 0) is 18.1 Å². The third-order valence-corrected chi connectivity index (χ3v) is 2.47. The summed E-state index contributed by atoms with van der Waals surface area (Å²) in [5.74, 6) is 0.853. The highest BCUT2D eigenvalue weighted by Gasteiger charge is 2.01. The highest BCUT2D eigenvalue weighted by atomic mass is 16.3. The minimum absolute atomic E-state index is 0.681. The molecule has 0 aliphatic carbocycles. The van der Waals surface area contributed by atoms with Crippen LogP contribution in [0.3, 0.4) is 0 Å². The van der Waals surface area contributed by atoms with E-state index in [1.54, 1.807) is 6.20 Å². The standard InChI is InChI=1S/C13H16N2O/c1-2-5-11-6-3-4-7-13(11)15-9-12-8-14-10-16-12/h3-4,6-8,10,15H,2,5,9H2,1H3. The third kappa shape index (κ3) is 2.63. The molecule has 0 radical (unpaired) electrons. The lowest BCUT2D eigenvalue weighted by Crippen LogP contribution is -2.01. The smallest absolute Gasteiger partial charge is 0.180 e. The molecular weight excluding hydrogens is 200 g/mol. The largest absolute Gasteiger partial charge is 0.447 e. The summed E-state index contributed by atoms with van der Waals surface area (Å²) in [7, 11) is 0. The molecule has 16 heavy (non-hydrogen) atoms. The van der Waals surface area contributed by atoms with Crippen molar-refractivity contribution in [2.45, 2.75) is 26.3 Å². The lowest BCUT2D eigenvalue weighted by Gasteiger charge is -2.09. The monoisotopic (exact) mass is 216 g/mol. The van der Waals surface area contributed by atoms with Gasteiger partial charge in [-0.25, -0.2) is 4.98 Å². The van der Waals surface area contributed by atoms with Crippen LogP contribution in [0.4, 0.5) is 5.69 Å². The first kappa shape index (κ1) is 10.7. The Morgan fingerprint density at radius 1 is 1.31 bits per heavy atom. The van der Waals surface area contributed by atoms with Crippen LogP contribution in [0.25, 0.3) is 0 Å². The van der Waals surface area contributed by atoms with E-state index in [0.29, 0.717) is 6.54 Å². The zero-order valence-electron chi connectivity index (χ0n) is 9.44. The second kappa shape index (κ2) is 5.35. The van der Waals surface area contributed by atoms with Crippen LogP contribution >= 0.6 is 0 Å². The molecule has 0 bridgehead atoms. The average Bonchev–Trinajstić information content (AvgIpc) is 2.81. The van der Waals surface area contributed by atoms with Crippen molar-refractivity contribution in [2.24, 2.45) is 0 Å². The van der Waals surface area contributed by atoms with Crippen molar-refractivity contribution in [2.75, 3.05) is 5.32 Å². The summed E-state index contributed by atoms with van der Waals surface area (Å²) >= 11 is 0. The highest BCUT2D eigenvalue weighted by molar-refractivity contribution is 5.51. The van der Waals surface area contributed by atoms with Gasteiger partial charge in [0.05, 0.1) is 12.7 Å². The summed E-state index contributed by atoms with van der Waals surface area (Å²) in [5.41, 5.74) is 2.53. The fourth-order valence-electron chi connectivity index (χ4n) is 1.69. The molecule has 3 heteroatoms. The van der Waals surface area contributed by atoms with Crippen LogP contribution in [0.5, 0.6) is 0 Å². The number of rotatable bonds is 5. The molecule has 0 fully saturated rings. The van der Waals surface area contributed by atoms with Gasteiger partial charge in [-0.15, -0.1) is 0 Å². The van der Waals surface area contributed by atoms with Crippen molar-refractivity contribution >= 4 is 5.69 Å². The molecule has 84 valence electrons. The number of hydrogen-bond acceptors (Lipinski definition) is 3. The Balaban J connectivity index is 2.03. The Bertz CT molecular complexity index is 423. The number of para-hydroxylation sites is 1. The molecule has 0 saturated carbocycles. The first-order chi connectivity index (χ1) is 7.90. The van der Waals surface area contributed by atoms with Gasteiger partial charge in [-0.3, -0.25) is 0 Å². The van der Waals surface area contributed by atoms with Crippen molar-refractivity contribution < 1.29 is 4.42 Å². The summed E-state index contributed by atoms with van der Waals surface area (Å²) in [6.45, 7) is 2.87. The summed E-state index contributed by atoms with van der Waals surface area (Å²) < 4.78 is 5.18. The van der Waals surface area contributed by atoms with Gasteiger partial charge in [-0.2, -0.15) is 0 Å². The molecule has 0 amide bonds. The van der Waals surface area contributed by atoms with Gasteiger partial charge < -0.3 is 9.73 Å². The molecule has 0 aliphatic heterocycles. The Kier molecular flexibility index (Phi) is 3.59. The summed E-state index contributed by atoms with van der Waals surface area (Å²) in [5, 5.41) is 3.37. The predicted molar refractivity (Wildman–Crippen MR) is 64.3 cm³/mol. The van der Waals surface area contributed by atoms with Gasteiger partial charge in [0.15, 0.2) is 6.39 Å². The van der Waals surface area contributed by atoms with Crippen molar-refractivity contribution in [3.05, 3.63) is 48.2 Å². The number of aromatic nitrogens is 1. The van der Waals surface area contributed by atoms with Gasteiger partial charge >= 0.3 is 0 Å².